The molecular formula is C13H21BrN2O4S. The van der Waals surface area contributed by atoms with Crippen molar-refractivity contribution in [2.24, 2.45) is 0 Å². The van der Waals surface area contributed by atoms with E-state index < -0.39 is 10.0 Å². The highest BCUT2D eigenvalue weighted by atomic mass is 79.9. The maximum atomic E-state index is 12.7. The summed E-state index contributed by atoms with van der Waals surface area (Å²) in [5.41, 5.74) is 0. The number of nitrogens with zero attached hydrogens (tertiary/aromatic N) is 1. The molecule has 1 N–H and O–H groups in total. The second kappa shape index (κ2) is 7.23. The SMILES string of the molecule is CCOC1CCN(S(=O)(=O)c2cc(CNC)oc2Br)CC1. The molecule has 21 heavy (non-hydrogen) atoms. The Hall–Kier alpha value is -0.410. The highest BCUT2D eigenvalue weighted by Crippen LogP contribution is 2.30. The van der Waals surface area contributed by atoms with Gasteiger partial charge in [0.2, 0.25) is 10.0 Å². The third-order valence-corrected chi connectivity index (χ3v) is 6.23. The van der Waals surface area contributed by atoms with Gasteiger partial charge in [-0.15, -0.1) is 0 Å². The predicted octanol–water partition coefficient (Wildman–Crippen LogP) is 1.95. The van der Waals surface area contributed by atoms with Crippen LogP contribution in [-0.2, 0) is 21.3 Å². The first-order valence-corrected chi connectivity index (χ1v) is 9.27. The Labute approximate surface area is 134 Å². The largest absolute Gasteiger partial charge is 0.452 e. The molecule has 1 aliphatic rings. The molecule has 0 aliphatic carbocycles. The zero-order valence-electron chi connectivity index (χ0n) is 12.3. The van der Waals surface area contributed by atoms with Crippen molar-refractivity contribution in [3.8, 4) is 0 Å². The number of hydrogen-bond donors (Lipinski definition) is 1. The normalized spacial score (nSPS) is 18.2. The Morgan fingerprint density at radius 3 is 2.71 bits per heavy atom. The molecular weight excluding hydrogens is 360 g/mol. The van der Waals surface area contributed by atoms with Gasteiger partial charge in [-0.25, -0.2) is 8.42 Å². The van der Waals surface area contributed by atoms with Crippen LogP contribution in [0.5, 0.6) is 0 Å². The Balaban J connectivity index is 2.12. The maximum absolute atomic E-state index is 12.7. The lowest BCUT2D eigenvalue weighted by Crippen LogP contribution is -2.40. The number of piperidine rings is 1. The molecule has 0 atom stereocenters. The van der Waals surface area contributed by atoms with E-state index in [4.69, 9.17) is 9.15 Å². The summed E-state index contributed by atoms with van der Waals surface area (Å²) in [6, 6.07) is 1.57. The molecule has 6 nitrogen and oxygen atoms in total. The summed E-state index contributed by atoms with van der Waals surface area (Å²) in [7, 11) is -1.74. The van der Waals surface area contributed by atoms with Crippen molar-refractivity contribution in [1.29, 1.82) is 0 Å². The van der Waals surface area contributed by atoms with Crippen molar-refractivity contribution < 1.29 is 17.6 Å². The van der Waals surface area contributed by atoms with E-state index in [1.54, 1.807) is 13.1 Å². The predicted molar refractivity (Wildman–Crippen MR) is 82.6 cm³/mol. The molecule has 0 aromatic carbocycles. The number of sulfonamides is 1. The van der Waals surface area contributed by atoms with Crippen LogP contribution in [0.3, 0.4) is 0 Å². The topological polar surface area (TPSA) is 71.8 Å². The Bertz CT molecular complexity index is 565. The van der Waals surface area contributed by atoms with E-state index in [2.05, 4.69) is 21.2 Å². The molecule has 8 heteroatoms. The van der Waals surface area contributed by atoms with Gasteiger partial charge in [-0.1, -0.05) is 0 Å². The first kappa shape index (κ1) is 17.0. The molecule has 120 valence electrons. The average Bonchev–Trinajstić information content (AvgIpc) is 2.82. The minimum absolute atomic E-state index is 0.161. The molecule has 1 saturated heterocycles. The van der Waals surface area contributed by atoms with Crippen molar-refractivity contribution in [3.05, 3.63) is 16.5 Å². The second-order valence-electron chi connectivity index (χ2n) is 4.94. The fraction of sp³-hybridized carbons (Fsp3) is 0.692. The van der Waals surface area contributed by atoms with Crippen molar-refractivity contribution in [2.45, 2.75) is 37.3 Å². The van der Waals surface area contributed by atoms with Crippen LogP contribution < -0.4 is 5.32 Å². The summed E-state index contributed by atoms with van der Waals surface area (Å²) < 4.78 is 38.1. The van der Waals surface area contributed by atoms with Gasteiger partial charge in [0.05, 0.1) is 12.6 Å². The molecule has 0 radical (unpaired) electrons. The molecule has 0 bridgehead atoms. The lowest BCUT2D eigenvalue weighted by molar-refractivity contribution is 0.0290. The lowest BCUT2D eigenvalue weighted by atomic mass is 10.1. The molecule has 1 aromatic rings. The molecule has 2 rings (SSSR count). The minimum Gasteiger partial charge on any atom is -0.452 e. The van der Waals surface area contributed by atoms with Crippen LogP contribution in [0.1, 0.15) is 25.5 Å². The fourth-order valence-electron chi connectivity index (χ4n) is 2.45. The van der Waals surface area contributed by atoms with Gasteiger partial charge in [-0.2, -0.15) is 4.31 Å². The zero-order valence-corrected chi connectivity index (χ0v) is 14.7. The van der Waals surface area contributed by atoms with Crippen molar-refractivity contribution >= 4 is 26.0 Å². The monoisotopic (exact) mass is 380 g/mol. The van der Waals surface area contributed by atoms with Crippen LogP contribution in [-0.4, -0.2) is 45.6 Å². The van der Waals surface area contributed by atoms with E-state index in [1.807, 2.05) is 6.92 Å². The van der Waals surface area contributed by atoms with Crippen LogP contribution in [0.2, 0.25) is 0 Å². The van der Waals surface area contributed by atoms with Crippen LogP contribution in [0, 0.1) is 0 Å². The zero-order chi connectivity index (χ0) is 15.5. The van der Waals surface area contributed by atoms with Gasteiger partial charge in [0.1, 0.15) is 10.7 Å². The third kappa shape index (κ3) is 3.87. The van der Waals surface area contributed by atoms with E-state index in [0.29, 0.717) is 32.0 Å². The summed E-state index contributed by atoms with van der Waals surface area (Å²) in [5, 5.41) is 2.94. The Morgan fingerprint density at radius 1 is 1.48 bits per heavy atom. The van der Waals surface area contributed by atoms with Gasteiger partial charge >= 0.3 is 0 Å². The first-order valence-electron chi connectivity index (χ1n) is 7.03. The minimum atomic E-state index is -3.52. The summed E-state index contributed by atoms with van der Waals surface area (Å²) in [6.07, 6.45) is 1.62. The highest BCUT2D eigenvalue weighted by Gasteiger charge is 2.32. The van der Waals surface area contributed by atoms with Gasteiger partial charge in [-0.05, 0) is 42.7 Å². The van der Waals surface area contributed by atoms with Crippen LogP contribution in [0.25, 0.3) is 0 Å². The second-order valence-corrected chi connectivity index (χ2v) is 7.57. The first-order chi connectivity index (χ1) is 9.98. The van der Waals surface area contributed by atoms with Crippen molar-refractivity contribution in [1.82, 2.24) is 9.62 Å². The smallest absolute Gasteiger partial charge is 0.247 e. The van der Waals surface area contributed by atoms with E-state index in [9.17, 15) is 8.42 Å². The van der Waals surface area contributed by atoms with Crippen molar-refractivity contribution in [3.63, 3.8) is 0 Å². The van der Waals surface area contributed by atoms with Crippen LogP contribution in [0.4, 0.5) is 0 Å². The van der Waals surface area contributed by atoms with Gasteiger partial charge in [-0.3, -0.25) is 0 Å². The molecule has 2 heterocycles. The molecule has 0 unspecified atom stereocenters. The number of ether oxygens (including phenoxy) is 1. The standard InChI is InChI=1S/C13H21BrN2O4S/c1-3-19-10-4-6-16(7-5-10)21(17,18)12-8-11(9-15-2)20-13(12)14/h8,10,15H,3-7,9H2,1-2H3. The summed E-state index contributed by atoms with van der Waals surface area (Å²) in [5.74, 6) is 0.590. The van der Waals surface area contributed by atoms with Crippen molar-refractivity contribution in [2.75, 3.05) is 26.7 Å². The lowest BCUT2D eigenvalue weighted by Gasteiger charge is -2.30. The Kier molecular flexibility index (Phi) is 5.84. The van der Waals surface area contributed by atoms with Gasteiger partial charge in [0.15, 0.2) is 4.67 Å². The number of hydrogen-bond acceptors (Lipinski definition) is 5. The maximum Gasteiger partial charge on any atom is 0.247 e. The molecule has 0 saturated carbocycles. The van der Waals surface area contributed by atoms with Gasteiger partial charge < -0.3 is 14.5 Å². The highest BCUT2D eigenvalue weighted by molar-refractivity contribution is 9.10. The Morgan fingerprint density at radius 2 is 2.14 bits per heavy atom. The van der Waals surface area contributed by atoms with E-state index in [0.717, 1.165) is 12.8 Å². The van der Waals surface area contributed by atoms with Crippen LogP contribution >= 0.6 is 15.9 Å². The average molecular weight is 381 g/mol. The third-order valence-electron chi connectivity index (χ3n) is 3.48. The summed E-state index contributed by atoms with van der Waals surface area (Å²) in [6.45, 7) is 4.06. The molecule has 0 spiro atoms. The molecule has 1 aliphatic heterocycles. The fourth-order valence-corrected chi connectivity index (χ4v) is 4.88. The number of nitrogens with one attached hydrogen (secondary N) is 1. The molecule has 1 aromatic heterocycles. The van der Waals surface area contributed by atoms with Gasteiger partial charge in [0.25, 0.3) is 0 Å². The molecule has 1 fully saturated rings. The van der Waals surface area contributed by atoms with Gasteiger partial charge in [0, 0.05) is 25.8 Å². The number of furan rings is 1. The van der Waals surface area contributed by atoms with E-state index in [-0.39, 0.29) is 15.7 Å². The number of rotatable bonds is 6. The quantitative estimate of drug-likeness (QED) is 0.816. The number of halogens is 1. The molecule has 0 amide bonds. The van der Waals surface area contributed by atoms with Crippen LogP contribution in [0.15, 0.2) is 20.0 Å². The summed E-state index contributed by atoms with van der Waals surface area (Å²) in [4.78, 5) is 0.197. The van der Waals surface area contributed by atoms with E-state index >= 15 is 0 Å². The summed E-state index contributed by atoms with van der Waals surface area (Å²) >= 11 is 3.20. The van der Waals surface area contributed by atoms with E-state index in [1.165, 1.54) is 4.31 Å².